The minimum absolute atomic E-state index is 0.994. The Morgan fingerprint density at radius 1 is 0.647 bits per heavy atom. The molecule has 4 aliphatic carbocycles. The van der Waals surface area contributed by atoms with E-state index in [2.05, 4.69) is 20.8 Å². The highest BCUT2D eigenvalue weighted by atomic mass is 14.5. The molecule has 0 aromatic rings. The minimum Gasteiger partial charge on any atom is -0.0654 e. The van der Waals surface area contributed by atoms with E-state index in [1.807, 2.05) is 0 Å². The van der Waals surface area contributed by atoms with Gasteiger partial charge in [-0.3, -0.25) is 0 Å². The minimum atomic E-state index is 0.994. The average molecular weight is 471 g/mol. The van der Waals surface area contributed by atoms with Gasteiger partial charge in [0.15, 0.2) is 0 Å². The zero-order valence-electron chi connectivity index (χ0n) is 23.8. The molecule has 4 saturated carbocycles. The summed E-state index contributed by atoms with van der Waals surface area (Å²) in [5.41, 5.74) is 0. The van der Waals surface area contributed by atoms with Crippen LogP contribution in [0.1, 0.15) is 162 Å². The second-order valence-corrected chi connectivity index (χ2v) is 14.1. The van der Waals surface area contributed by atoms with Gasteiger partial charge >= 0.3 is 0 Å². The Morgan fingerprint density at radius 2 is 1.35 bits per heavy atom. The van der Waals surface area contributed by atoms with Crippen LogP contribution in [0.25, 0.3) is 0 Å². The van der Waals surface area contributed by atoms with Crippen molar-refractivity contribution >= 4 is 0 Å². The quantitative estimate of drug-likeness (QED) is 0.263. The lowest BCUT2D eigenvalue weighted by molar-refractivity contribution is 0.00912. The number of hydrogen-bond acceptors (Lipinski definition) is 0. The van der Waals surface area contributed by atoms with Gasteiger partial charge < -0.3 is 0 Å². The summed E-state index contributed by atoms with van der Waals surface area (Å²) in [4.78, 5) is 0. The van der Waals surface area contributed by atoms with Gasteiger partial charge in [-0.25, -0.2) is 0 Å². The van der Waals surface area contributed by atoms with Crippen LogP contribution in [0, 0.1) is 53.3 Å². The van der Waals surface area contributed by atoms with Crippen LogP contribution in [0.3, 0.4) is 0 Å². The van der Waals surface area contributed by atoms with Crippen LogP contribution in [0.5, 0.6) is 0 Å². The van der Waals surface area contributed by atoms with Gasteiger partial charge in [0, 0.05) is 0 Å². The molecule has 0 aromatic heterocycles. The van der Waals surface area contributed by atoms with Crippen molar-refractivity contribution in [1.82, 2.24) is 0 Å². The first kappa shape index (κ1) is 27.0. The first-order chi connectivity index (χ1) is 16.7. The van der Waals surface area contributed by atoms with E-state index in [0.717, 1.165) is 53.3 Å². The van der Waals surface area contributed by atoms with Crippen molar-refractivity contribution in [3.8, 4) is 0 Å². The number of hydrogen-bond donors (Lipinski definition) is 0. The fourth-order valence-electron chi connectivity index (χ4n) is 10.1. The van der Waals surface area contributed by atoms with Crippen molar-refractivity contribution in [1.29, 1.82) is 0 Å². The zero-order valence-corrected chi connectivity index (χ0v) is 23.8. The maximum Gasteiger partial charge on any atom is -0.0329 e. The molecule has 4 fully saturated rings. The summed E-state index contributed by atoms with van der Waals surface area (Å²) in [6.45, 7) is 7.70. The van der Waals surface area contributed by atoms with E-state index in [-0.39, 0.29) is 0 Å². The van der Waals surface area contributed by atoms with E-state index in [1.54, 1.807) is 77.0 Å². The molecule has 0 bridgehead atoms. The van der Waals surface area contributed by atoms with E-state index >= 15 is 0 Å². The Balaban J connectivity index is 1.40. The summed E-state index contributed by atoms with van der Waals surface area (Å²) in [6.07, 6.45) is 33.8. The smallest absolute Gasteiger partial charge is 0.0329 e. The van der Waals surface area contributed by atoms with E-state index in [0.29, 0.717) is 0 Å². The molecule has 0 amide bonds. The second kappa shape index (κ2) is 14.1. The van der Waals surface area contributed by atoms with Crippen molar-refractivity contribution in [2.45, 2.75) is 162 Å². The van der Waals surface area contributed by atoms with Crippen LogP contribution in [0.2, 0.25) is 0 Å². The lowest BCUT2D eigenvalue weighted by Crippen LogP contribution is -2.40. The van der Waals surface area contributed by atoms with Crippen LogP contribution < -0.4 is 0 Å². The molecule has 8 unspecified atom stereocenters. The van der Waals surface area contributed by atoms with Gasteiger partial charge in [-0.1, -0.05) is 136 Å². The maximum absolute atomic E-state index is 2.79. The zero-order chi connectivity index (χ0) is 23.8. The summed E-state index contributed by atoms with van der Waals surface area (Å²) in [7, 11) is 0. The fraction of sp³-hybridized carbons (Fsp3) is 1.00. The van der Waals surface area contributed by atoms with Crippen LogP contribution in [0.4, 0.5) is 0 Å². The first-order valence-electron chi connectivity index (χ1n) is 16.7. The third-order valence-corrected chi connectivity index (χ3v) is 11.8. The van der Waals surface area contributed by atoms with Crippen molar-refractivity contribution in [3.63, 3.8) is 0 Å². The van der Waals surface area contributed by atoms with Crippen molar-refractivity contribution in [2.75, 3.05) is 0 Å². The molecule has 198 valence electrons. The predicted molar refractivity (Wildman–Crippen MR) is 150 cm³/mol. The molecule has 0 spiro atoms. The van der Waals surface area contributed by atoms with Gasteiger partial charge in [0.05, 0.1) is 0 Å². The molecule has 0 nitrogen and oxygen atoms in total. The van der Waals surface area contributed by atoms with E-state index < -0.39 is 0 Å². The predicted octanol–water partition coefficient (Wildman–Crippen LogP) is 11.2. The maximum atomic E-state index is 2.79. The van der Waals surface area contributed by atoms with Gasteiger partial charge in [0.1, 0.15) is 0 Å². The molecule has 0 aliphatic heterocycles. The molecule has 0 heterocycles. The van der Waals surface area contributed by atoms with Gasteiger partial charge in [0.25, 0.3) is 0 Å². The summed E-state index contributed by atoms with van der Waals surface area (Å²) < 4.78 is 0. The SMILES string of the molecule is CCCCCCCC1CCCC(C2CCCCC2C(C)C(C2CCCC2)C2CCCC(C)C2)C1. The Kier molecular flexibility index (Phi) is 11.2. The molecule has 4 aliphatic rings. The van der Waals surface area contributed by atoms with Gasteiger partial charge in [-0.2, -0.15) is 0 Å². The molecule has 0 N–H and O–H groups in total. The van der Waals surface area contributed by atoms with E-state index in [1.165, 1.54) is 64.2 Å². The Bertz CT molecular complexity index is 544. The molecular formula is C34H62. The first-order valence-corrected chi connectivity index (χ1v) is 16.7. The third-order valence-electron chi connectivity index (χ3n) is 11.8. The highest BCUT2D eigenvalue weighted by Crippen LogP contribution is 2.53. The summed E-state index contributed by atoms with van der Waals surface area (Å²) in [5.74, 6) is 9.49. The number of rotatable bonds is 11. The van der Waals surface area contributed by atoms with Gasteiger partial charge in [-0.15, -0.1) is 0 Å². The molecule has 0 aromatic carbocycles. The second-order valence-electron chi connectivity index (χ2n) is 14.1. The van der Waals surface area contributed by atoms with Gasteiger partial charge in [0.2, 0.25) is 0 Å². The van der Waals surface area contributed by atoms with Crippen LogP contribution in [0.15, 0.2) is 0 Å². The highest BCUT2D eigenvalue weighted by Gasteiger charge is 2.44. The molecule has 8 atom stereocenters. The number of unbranched alkanes of at least 4 members (excludes halogenated alkanes) is 4. The van der Waals surface area contributed by atoms with Crippen LogP contribution >= 0.6 is 0 Å². The van der Waals surface area contributed by atoms with Crippen LogP contribution in [-0.2, 0) is 0 Å². The summed E-state index contributed by atoms with van der Waals surface area (Å²) in [5, 5.41) is 0. The molecular weight excluding hydrogens is 408 g/mol. The highest BCUT2D eigenvalue weighted by molar-refractivity contribution is 4.93. The van der Waals surface area contributed by atoms with Crippen molar-refractivity contribution < 1.29 is 0 Å². The molecule has 0 heteroatoms. The topological polar surface area (TPSA) is 0 Å². The summed E-state index contributed by atoms with van der Waals surface area (Å²) >= 11 is 0. The van der Waals surface area contributed by atoms with Crippen molar-refractivity contribution in [3.05, 3.63) is 0 Å². The third kappa shape index (κ3) is 7.28. The van der Waals surface area contributed by atoms with Gasteiger partial charge in [-0.05, 0) is 78.9 Å². The lowest BCUT2D eigenvalue weighted by atomic mass is 9.57. The van der Waals surface area contributed by atoms with E-state index in [4.69, 9.17) is 0 Å². The largest absolute Gasteiger partial charge is 0.0654 e. The monoisotopic (exact) mass is 470 g/mol. The Labute approximate surface area is 215 Å². The Hall–Kier alpha value is 0. The molecule has 0 radical (unpaired) electrons. The van der Waals surface area contributed by atoms with E-state index in [9.17, 15) is 0 Å². The normalized spacial score (nSPS) is 37.5. The summed E-state index contributed by atoms with van der Waals surface area (Å²) in [6, 6.07) is 0. The molecule has 0 saturated heterocycles. The average Bonchev–Trinajstić information content (AvgIpc) is 3.39. The molecule has 34 heavy (non-hydrogen) atoms. The standard InChI is InChI=1S/C34H62/c1-4-5-6-7-8-16-28-17-14-20-30(25-28)33-23-12-11-22-32(33)27(3)34(29-18-9-10-19-29)31-21-13-15-26(2)24-31/h26-34H,4-25H2,1-3H3. The van der Waals surface area contributed by atoms with Crippen molar-refractivity contribution in [2.24, 2.45) is 53.3 Å². The Morgan fingerprint density at radius 3 is 2.15 bits per heavy atom. The van der Waals surface area contributed by atoms with Crippen LogP contribution in [-0.4, -0.2) is 0 Å². The lowest BCUT2D eigenvalue weighted by Gasteiger charge is -2.49. The molecule has 4 rings (SSSR count). The fourth-order valence-corrected chi connectivity index (χ4v) is 10.1.